The minimum absolute atomic E-state index is 0.132. The summed E-state index contributed by atoms with van der Waals surface area (Å²) < 4.78 is 13.5. The smallest absolute Gasteiger partial charge is 0.170 e. The molecule has 2 unspecified atom stereocenters. The van der Waals surface area contributed by atoms with Gasteiger partial charge in [-0.25, -0.2) is 0 Å². The van der Waals surface area contributed by atoms with Crippen LogP contribution in [0.4, 0.5) is 0 Å². The van der Waals surface area contributed by atoms with Crippen molar-refractivity contribution in [2.24, 2.45) is 5.73 Å². The van der Waals surface area contributed by atoms with Crippen LogP contribution >= 0.6 is 0 Å². The summed E-state index contributed by atoms with van der Waals surface area (Å²) >= 11 is 0. The minimum atomic E-state index is -0.402. The van der Waals surface area contributed by atoms with Gasteiger partial charge >= 0.3 is 0 Å². The van der Waals surface area contributed by atoms with E-state index in [0.29, 0.717) is 13.2 Å². The molecule has 2 atom stereocenters. The maximum absolute atomic E-state index is 6.20. The molecule has 0 amide bonds. The predicted octanol–water partition coefficient (Wildman–Crippen LogP) is 0.987. The molecule has 1 spiro atoms. The Labute approximate surface area is 101 Å². The molecule has 2 aliphatic rings. The average Bonchev–Trinajstić information content (AvgIpc) is 2.92. The zero-order chi connectivity index (χ0) is 11.9. The van der Waals surface area contributed by atoms with Gasteiger partial charge in [0.15, 0.2) is 5.79 Å². The first-order chi connectivity index (χ1) is 8.19. The molecule has 1 aromatic rings. The van der Waals surface area contributed by atoms with Crippen LogP contribution in [-0.2, 0) is 9.47 Å². The molecular formula is C12H19N3O2. The highest BCUT2D eigenvalue weighted by Crippen LogP contribution is 2.40. The van der Waals surface area contributed by atoms with E-state index < -0.39 is 5.79 Å². The molecule has 5 heteroatoms. The monoisotopic (exact) mass is 237 g/mol. The van der Waals surface area contributed by atoms with Crippen molar-refractivity contribution in [1.29, 1.82) is 0 Å². The Morgan fingerprint density at radius 3 is 2.88 bits per heavy atom. The first-order valence-corrected chi connectivity index (χ1v) is 6.24. The molecule has 2 heterocycles. The molecule has 1 saturated heterocycles. The van der Waals surface area contributed by atoms with Crippen LogP contribution in [0.15, 0.2) is 12.3 Å². The molecule has 1 saturated carbocycles. The summed E-state index contributed by atoms with van der Waals surface area (Å²) in [6.07, 6.45) is 4.61. The first-order valence-electron chi connectivity index (χ1n) is 6.24. The van der Waals surface area contributed by atoms with Crippen molar-refractivity contribution in [3.63, 3.8) is 0 Å². The molecular weight excluding hydrogens is 218 g/mol. The van der Waals surface area contributed by atoms with Gasteiger partial charge in [0.05, 0.1) is 24.9 Å². The van der Waals surface area contributed by atoms with Crippen molar-refractivity contribution in [3.8, 4) is 0 Å². The van der Waals surface area contributed by atoms with E-state index in [1.807, 2.05) is 23.9 Å². The quantitative estimate of drug-likeness (QED) is 0.791. The summed E-state index contributed by atoms with van der Waals surface area (Å²) in [4.78, 5) is 0. The Morgan fingerprint density at radius 1 is 1.47 bits per heavy atom. The molecule has 2 fully saturated rings. The van der Waals surface area contributed by atoms with E-state index in [2.05, 4.69) is 5.10 Å². The minimum Gasteiger partial charge on any atom is -0.347 e. The molecule has 1 aliphatic heterocycles. The SMILES string of the molecule is Cc1ccn(C2CC3(CCC2N)OCCO3)n1. The molecule has 2 N–H and O–H groups in total. The second kappa shape index (κ2) is 4.08. The van der Waals surface area contributed by atoms with Crippen molar-refractivity contribution >= 4 is 0 Å². The molecule has 0 radical (unpaired) electrons. The van der Waals surface area contributed by atoms with Gasteiger partial charge < -0.3 is 15.2 Å². The number of hydrogen-bond acceptors (Lipinski definition) is 4. The van der Waals surface area contributed by atoms with Gasteiger partial charge in [0, 0.05) is 25.1 Å². The van der Waals surface area contributed by atoms with Crippen molar-refractivity contribution in [2.45, 2.75) is 44.1 Å². The van der Waals surface area contributed by atoms with Crippen molar-refractivity contribution in [3.05, 3.63) is 18.0 Å². The molecule has 3 rings (SSSR count). The highest BCUT2D eigenvalue weighted by atomic mass is 16.7. The van der Waals surface area contributed by atoms with E-state index in [1.54, 1.807) is 0 Å². The fraction of sp³-hybridized carbons (Fsp3) is 0.750. The second-order valence-electron chi connectivity index (χ2n) is 5.02. The summed E-state index contributed by atoms with van der Waals surface area (Å²) in [5.74, 6) is -0.402. The van der Waals surface area contributed by atoms with Crippen molar-refractivity contribution < 1.29 is 9.47 Å². The summed E-state index contributed by atoms with van der Waals surface area (Å²) in [7, 11) is 0. The van der Waals surface area contributed by atoms with E-state index in [0.717, 1.165) is 25.0 Å². The third kappa shape index (κ3) is 1.99. The summed E-state index contributed by atoms with van der Waals surface area (Å²) in [5.41, 5.74) is 7.22. The van der Waals surface area contributed by atoms with Gasteiger partial charge in [0.2, 0.25) is 0 Å². The molecule has 0 bridgehead atoms. The number of nitrogens with two attached hydrogens (primary N) is 1. The van der Waals surface area contributed by atoms with E-state index in [9.17, 15) is 0 Å². The molecule has 1 aromatic heterocycles. The van der Waals surface area contributed by atoms with E-state index >= 15 is 0 Å². The Bertz CT molecular complexity index is 398. The van der Waals surface area contributed by atoms with Crippen LogP contribution in [0, 0.1) is 6.92 Å². The molecule has 0 aromatic carbocycles. The fourth-order valence-electron chi connectivity index (χ4n) is 2.82. The maximum Gasteiger partial charge on any atom is 0.170 e. The second-order valence-corrected chi connectivity index (χ2v) is 5.02. The van der Waals surface area contributed by atoms with Crippen LogP contribution in [0.2, 0.25) is 0 Å². The maximum atomic E-state index is 6.20. The van der Waals surface area contributed by atoms with Crippen LogP contribution in [0.5, 0.6) is 0 Å². The number of aromatic nitrogens is 2. The number of aryl methyl sites for hydroxylation is 1. The highest BCUT2D eigenvalue weighted by Gasteiger charge is 2.45. The normalized spacial score (nSPS) is 32.1. The van der Waals surface area contributed by atoms with Crippen LogP contribution in [0.25, 0.3) is 0 Å². The largest absolute Gasteiger partial charge is 0.347 e. The standard InChI is InChI=1S/C12H19N3O2/c1-9-3-5-15(14-9)11-8-12(4-2-10(11)13)16-6-7-17-12/h3,5,10-11H,2,4,6-8,13H2,1H3. The zero-order valence-corrected chi connectivity index (χ0v) is 10.1. The number of hydrogen-bond donors (Lipinski definition) is 1. The Balaban J connectivity index is 1.82. The molecule has 5 nitrogen and oxygen atoms in total. The van der Waals surface area contributed by atoms with Gasteiger partial charge in [-0.05, 0) is 19.4 Å². The van der Waals surface area contributed by atoms with Crippen molar-refractivity contribution in [2.75, 3.05) is 13.2 Å². The zero-order valence-electron chi connectivity index (χ0n) is 10.1. The van der Waals surface area contributed by atoms with Gasteiger partial charge in [-0.3, -0.25) is 4.68 Å². The number of ether oxygens (including phenoxy) is 2. The van der Waals surface area contributed by atoms with Gasteiger partial charge in [-0.1, -0.05) is 0 Å². The lowest BCUT2D eigenvalue weighted by atomic mass is 9.86. The first kappa shape index (κ1) is 11.2. The Morgan fingerprint density at radius 2 is 2.24 bits per heavy atom. The van der Waals surface area contributed by atoms with Gasteiger partial charge in [0.1, 0.15) is 0 Å². The van der Waals surface area contributed by atoms with E-state index in [1.165, 1.54) is 0 Å². The summed E-state index contributed by atoms with van der Waals surface area (Å²) in [6, 6.07) is 2.31. The van der Waals surface area contributed by atoms with Crippen LogP contribution in [0.3, 0.4) is 0 Å². The van der Waals surface area contributed by atoms with Gasteiger partial charge in [-0.15, -0.1) is 0 Å². The highest BCUT2D eigenvalue weighted by molar-refractivity contribution is 5.00. The molecule has 94 valence electrons. The third-order valence-corrected chi connectivity index (χ3v) is 3.77. The number of rotatable bonds is 1. The Hall–Kier alpha value is -0.910. The van der Waals surface area contributed by atoms with E-state index in [-0.39, 0.29) is 12.1 Å². The third-order valence-electron chi connectivity index (χ3n) is 3.77. The van der Waals surface area contributed by atoms with Crippen LogP contribution < -0.4 is 5.73 Å². The molecule has 17 heavy (non-hydrogen) atoms. The lowest BCUT2D eigenvalue weighted by Gasteiger charge is -2.39. The summed E-state index contributed by atoms with van der Waals surface area (Å²) in [5, 5.41) is 4.46. The molecule has 1 aliphatic carbocycles. The van der Waals surface area contributed by atoms with Crippen molar-refractivity contribution in [1.82, 2.24) is 9.78 Å². The Kier molecular flexibility index (Phi) is 2.69. The predicted molar refractivity (Wildman–Crippen MR) is 62.5 cm³/mol. The summed E-state index contributed by atoms with van der Waals surface area (Å²) in [6.45, 7) is 3.38. The fourth-order valence-corrected chi connectivity index (χ4v) is 2.82. The number of nitrogens with zero attached hydrogens (tertiary/aromatic N) is 2. The lowest BCUT2D eigenvalue weighted by molar-refractivity contribution is -0.188. The van der Waals surface area contributed by atoms with Gasteiger partial charge in [-0.2, -0.15) is 5.10 Å². The van der Waals surface area contributed by atoms with Crippen LogP contribution in [-0.4, -0.2) is 34.8 Å². The average molecular weight is 237 g/mol. The van der Waals surface area contributed by atoms with E-state index in [4.69, 9.17) is 15.2 Å². The van der Waals surface area contributed by atoms with Gasteiger partial charge in [0.25, 0.3) is 0 Å². The topological polar surface area (TPSA) is 62.3 Å². The lowest BCUT2D eigenvalue weighted by Crippen LogP contribution is -2.46. The van der Waals surface area contributed by atoms with Crippen LogP contribution in [0.1, 0.15) is 31.0 Å².